The van der Waals surface area contributed by atoms with E-state index in [-0.39, 0.29) is 12.2 Å². The minimum atomic E-state index is -0.195. The van der Waals surface area contributed by atoms with E-state index in [9.17, 15) is 4.79 Å². The molecule has 4 rings (SSSR count). The molecule has 0 aromatic carbocycles. The van der Waals surface area contributed by atoms with Crippen LogP contribution in [0.4, 0.5) is 4.79 Å². The van der Waals surface area contributed by atoms with Gasteiger partial charge in [-0.1, -0.05) is 105 Å². The molecule has 3 nitrogen and oxygen atoms in total. The summed E-state index contributed by atoms with van der Waals surface area (Å²) in [7, 11) is 0. The lowest BCUT2D eigenvalue weighted by Gasteiger charge is -2.58. The third-order valence-corrected chi connectivity index (χ3v) is 12.3. The Kier molecular flexibility index (Phi) is 10.9. The fourth-order valence-corrected chi connectivity index (χ4v) is 10.0. The van der Waals surface area contributed by atoms with Gasteiger partial charge in [0.1, 0.15) is 6.10 Å². The van der Waals surface area contributed by atoms with Crippen LogP contribution in [-0.2, 0) is 4.74 Å². The minimum Gasteiger partial charge on any atom is -0.446 e. The van der Waals surface area contributed by atoms with Crippen LogP contribution in [0, 0.1) is 46.3 Å². The maximum atomic E-state index is 12.5. The summed E-state index contributed by atoms with van der Waals surface area (Å²) in [6.07, 6.45) is 24.4. The van der Waals surface area contributed by atoms with Gasteiger partial charge >= 0.3 is 6.09 Å². The van der Waals surface area contributed by atoms with Gasteiger partial charge in [0.25, 0.3) is 0 Å². The predicted molar refractivity (Wildman–Crippen MR) is 165 cm³/mol. The number of hydrogen-bond acceptors (Lipinski definition) is 2. The molecule has 8 unspecified atom stereocenters. The van der Waals surface area contributed by atoms with Crippen molar-refractivity contribution in [2.75, 3.05) is 6.54 Å². The Hall–Kier alpha value is -0.990. The standard InChI is InChI=1S/C36H63NO2/c1-7-8-9-10-11-12-24-37-34(38)39-29-20-22-35(5)28(25-29)16-17-30-32-19-18-31(27(4)15-13-14-26(2)3)36(32,6)23-21-33(30)35/h16,26-27,29-33H,7-15,17-25H2,1-6H3,(H,37,38). The zero-order valence-corrected chi connectivity index (χ0v) is 26.7. The van der Waals surface area contributed by atoms with Crippen molar-refractivity contribution in [3.63, 3.8) is 0 Å². The highest BCUT2D eigenvalue weighted by Crippen LogP contribution is 2.67. The highest BCUT2D eigenvalue weighted by Gasteiger charge is 2.59. The van der Waals surface area contributed by atoms with Crippen molar-refractivity contribution in [3.05, 3.63) is 11.6 Å². The summed E-state index contributed by atoms with van der Waals surface area (Å²) in [4.78, 5) is 12.5. The average Bonchev–Trinajstić information content (AvgIpc) is 3.25. The topological polar surface area (TPSA) is 38.3 Å². The van der Waals surface area contributed by atoms with Crippen LogP contribution in [0.3, 0.4) is 0 Å². The quantitative estimate of drug-likeness (QED) is 0.186. The molecule has 4 aliphatic rings. The maximum absolute atomic E-state index is 12.5. The molecule has 0 saturated heterocycles. The molecule has 0 bridgehead atoms. The molecule has 1 N–H and O–H groups in total. The number of carbonyl (C=O) groups excluding carboxylic acids is 1. The Bertz CT molecular complexity index is 819. The van der Waals surface area contributed by atoms with Crippen LogP contribution in [0.25, 0.3) is 0 Å². The lowest BCUT2D eigenvalue weighted by atomic mass is 9.47. The van der Waals surface area contributed by atoms with Crippen molar-refractivity contribution >= 4 is 6.09 Å². The van der Waals surface area contributed by atoms with Crippen LogP contribution in [0.2, 0.25) is 0 Å². The molecular weight excluding hydrogens is 478 g/mol. The molecule has 0 aliphatic heterocycles. The lowest BCUT2D eigenvalue weighted by Crippen LogP contribution is -2.51. The van der Waals surface area contributed by atoms with Gasteiger partial charge in [0.05, 0.1) is 0 Å². The summed E-state index contributed by atoms with van der Waals surface area (Å²) in [5.74, 6) is 5.23. The van der Waals surface area contributed by atoms with Gasteiger partial charge in [-0.15, -0.1) is 0 Å². The molecule has 0 spiro atoms. The van der Waals surface area contributed by atoms with E-state index in [2.05, 4.69) is 52.9 Å². The summed E-state index contributed by atoms with van der Waals surface area (Å²) in [6.45, 7) is 15.6. The van der Waals surface area contributed by atoms with Gasteiger partial charge in [-0.05, 0) is 97.7 Å². The second-order valence-corrected chi connectivity index (χ2v) is 15.3. The Labute approximate surface area is 242 Å². The van der Waals surface area contributed by atoms with Crippen molar-refractivity contribution in [3.8, 4) is 0 Å². The number of ether oxygens (including phenoxy) is 1. The van der Waals surface area contributed by atoms with Gasteiger partial charge in [-0.2, -0.15) is 0 Å². The van der Waals surface area contributed by atoms with Crippen molar-refractivity contribution in [2.24, 2.45) is 46.3 Å². The second-order valence-electron chi connectivity index (χ2n) is 15.3. The van der Waals surface area contributed by atoms with Gasteiger partial charge in [0.2, 0.25) is 0 Å². The summed E-state index contributed by atoms with van der Waals surface area (Å²) >= 11 is 0. The first-order chi connectivity index (χ1) is 18.7. The molecule has 0 aromatic heterocycles. The van der Waals surface area contributed by atoms with E-state index in [0.717, 1.165) is 61.3 Å². The van der Waals surface area contributed by atoms with Gasteiger partial charge < -0.3 is 10.1 Å². The van der Waals surface area contributed by atoms with E-state index in [0.29, 0.717) is 10.8 Å². The first kappa shape index (κ1) is 31.0. The van der Waals surface area contributed by atoms with E-state index >= 15 is 0 Å². The van der Waals surface area contributed by atoms with Crippen LogP contribution >= 0.6 is 0 Å². The van der Waals surface area contributed by atoms with Crippen LogP contribution in [0.5, 0.6) is 0 Å². The normalized spacial score (nSPS) is 36.5. The number of amides is 1. The van der Waals surface area contributed by atoms with Crippen molar-refractivity contribution < 1.29 is 9.53 Å². The number of rotatable bonds is 13. The first-order valence-corrected chi connectivity index (χ1v) is 17.3. The second kappa shape index (κ2) is 13.8. The first-order valence-electron chi connectivity index (χ1n) is 17.3. The van der Waals surface area contributed by atoms with E-state index < -0.39 is 0 Å². The minimum absolute atomic E-state index is 0.0573. The molecule has 0 radical (unpaired) electrons. The Morgan fingerprint density at radius 2 is 1.72 bits per heavy atom. The molecule has 3 saturated carbocycles. The number of alkyl carbamates (subject to hydrolysis) is 1. The van der Waals surface area contributed by atoms with Gasteiger partial charge in [0.15, 0.2) is 0 Å². The SMILES string of the molecule is CCCCCCCCNC(=O)OC1CCC2(C)C(=CCC3C2CCC2(C)C(C(C)CCCC(C)C)CCC32)C1. The van der Waals surface area contributed by atoms with E-state index in [1.54, 1.807) is 5.57 Å². The maximum Gasteiger partial charge on any atom is 0.407 e. The van der Waals surface area contributed by atoms with Crippen LogP contribution in [-0.4, -0.2) is 18.7 Å². The van der Waals surface area contributed by atoms with Crippen LogP contribution in [0.15, 0.2) is 11.6 Å². The summed E-state index contributed by atoms with van der Waals surface area (Å²) in [6, 6.07) is 0. The molecule has 3 fully saturated rings. The highest BCUT2D eigenvalue weighted by molar-refractivity contribution is 5.67. The monoisotopic (exact) mass is 541 g/mol. The zero-order valence-electron chi connectivity index (χ0n) is 26.7. The highest BCUT2D eigenvalue weighted by atomic mass is 16.6. The van der Waals surface area contributed by atoms with Gasteiger partial charge in [-0.3, -0.25) is 0 Å². The van der Waals surface area contributed by atoms with Gasteiger partial charge in [-0.25, -0.2) is 4.79 Å². The molecule has 39 heavy (non-hydrogen) atoms. The number of nitrogens with one attached hydrogen (secondary N) is 1. The summed E-state index contributed by atoms with van der Waals surface area (Å²) in [5, 5.41) is 3.03. The smallest absolute Gasteiger partial charge is 0.407 e. The predicted octanol–water partition coefficient (Wildman–Crippen LogP) is 10.5. The van der Waals surface area contributed by atoms with E-state index in [4.69, 9.17) is 4.74 Å². The summed E-state index contributed by atoms with van der Waals surface area (Å²) in [5.41, 5.74) is 2.48. The largest absolute Gasteiger partial charge is 0.446 e. The zero-order chi connectivity index (χ0) is 28.0. The Morgan fingerprint density at radius 3 is 2.49 bits per heavy atom. The molecule has 0 aromatic rings. The third-order valence-electron chi connectivity index (χ3n) is 12.3. The fourth-order valence-electron chi connectivity index (χ4n) is 10.0. The molecule has 224 valence electrons. The lowest BCUT2D eigenvalue weighted by molar-refractivity contribution is -0.0581. The Morgan fingerprint density at radius 1 is 0.949 bits per heavy atom. The van der Waals surface area contributed by atoms with Crippen molar-refractivity contribution in [2.45, 2.75) is 157 Å². The van der Waals surface area contributed by atoms with Gasteiger partial charge in [0, 0.05) is 13.0 Å². The van der Waals surface area contributed by atoms with Crippen LogP contribution < -0.4 is 5.32 Å². The molecule has 8 atom stereocenters. The van der Waals surface area contributed by atoms with Crippen LogP contribution in [0.1, 0.15) is 151 Å². The molecular formula is C36H63NO2. The molecule has 1 amide bonds. The third kappa shape index (κ3) is 7.09. The average molecular weight is 542 g/mol. The van der Waals surface area contributed by atoms with E-state index in [1.165, 1.54) is 89.9 Å². The number of carbonyl (C=O) groups is 1. The fraction of sp³-hybridized carbons (Fsp3) is 0.917. The number of hydrogen-bond donors (Lipinski definition) is 1. The van der Waals surface area contributed by atoms with Crippen molar-refractivity contribution in [1.29, 1.82) is 0 Å². The Balaban J connectivity index is 1.29. The molecule has 4 aliphatic carbocycles. The number of fused-ring (bicyclic) bond motifs is 5. The molecule has 0 heterocycles. The van der Waals surface area contributed by atoms with Crippen molar-refractivity contribution in [1.82, 2.24) is 5.32 Å². The summed E-state index contributed by atoms with van der Waals surface area (Å²) < 4.78 is 5.95. The van der Waals surface area contributed by atoms with E-state index in [1.807, 2.05) is 0 Å². The number of unbranched alkanes of at least 4 members (excludes halogenated alkanes) is 5. The number of allylic oxidation sites excluding steroid dienone is 1. The molecule has 3 heteroatoms.